The molecule has 0 aliphatic carbocycles. The highest BCUT2D eigenvalue weighted by Crippen LogP contribution is 2.22. The van der Waals surface area contributed by atoms with Gasteiger partial charge in [-0.3, -0.25) is 0 Å². The lowest BCUT2D eigenvalue weighted by Crippen LogP contribution is -2.38. The Bertz CT molecular complexity index is 534. The molecule has 1 aliphatic rings. The lowest BCUT2D eigenvalue weighted by molar-refractivity contribution is 0.389. The Labute approximate surface area is 98.6 Å². The van der Waals surface area contributed by atoms with Crippen molar-refractivity contribution in [2.75, 3.05) is 0 Å². The van der Waals surface area contributed by atoms with Crippen LogP contribution in [0.15, 0.2) is 12.3 Å². The van der Waals surface area contributed by atoms with Gasteiger partial charge in [0.25, 0.3) is 0 Å². The maximum Gasteiger partial charge on any atom is 0.224 e. The SMILES string of the molecule is CCC1Cn2c(cc3cnc(Cl)nc32)CN1. The molecule has 0 bridgehead atoms. The van der Waals surface area contributed by atoms with E-state index in [4.69, 9.17) is 11.6 Å². The van der Waals surface area contributed by atoms with E-state index in [0.717, 1.165) is 30.5 Å². The van der Waals surface area contributed by atoms with Crippen molar-refractivity contribution in [3.63, 3.8) is 0 Å². The predicted octanol–water partition coefficient (Wildman–Crippen LogP) is 1.97. The number of fused-ring (bicyclic) bond motifs is 3. The minimum absolute atomic E-state index is 0.319. The lowest BCUT2D eigenvalue weighted by atomic mass is 10.2. The van der Waals surface area contributed by atoms with Crippen LogP contribution >= 0.6 is 11.6 Å². The summed E-state index contributed by atoms with van der Waals surface area (Å²) >= 11 is 5.84. The van der Waals surface area contributed by atoms with Crippen molar-refractivity contribution in [3.05, 3.63) is 23.2 Å². The molecule has 2 aromatic rings. The molecule has 0 aromatic carbocycles. The van der Waals surface area contributed by atoms with Crippen molar-refractivity contribution in [2.45, 2.75) is 32.5 Å². The van der Waals surface area contributed by atoms with Gasteiger partial charge in [-0.15, -0.1) is 0 Å². The highest BCUT2D eigenvalue weighted by molar-refractivity contribution is 6.28. The first-order chi connectivity index (χ1) is 7.78. The highest BCUT2D eigenvalue weighted by atomic mass is 35.5. The monoisotopic (exact) mass is 236 g/mol. The molecule has 0 amide bonds. The maximum atomic E-state index is 5.84. The minimum Gasteiger partial charge on any atom is -0.327 e. The molecule has 0 radical (unpaired) electrons. The second-order valence-electron chi connectivity index (χ2n) is 4.15. The smallest absolute Gasteiger partial charge is 0.224 e. The van der Waals surface area contributed by atoms with E-state index in [9.17, 15) is 0 Å². The summed E-state index contributed by atoms with van der Waals surface area (Å²) in [5.74, 6) is 0. The third-order valence-electron chi connectivity index (χ3n) is 3.16. The summed E-state index contributed by atoms with van der Waals surface area (Å²) in [7, 11) is 0. The molecule has 16 heavy (non-hydrogen) atoms. The van der Waals surface area contributed by atoms with Gasteiger partial charge in [0, 0.05) is 36.4 Å². The zero-order chi connectivity index (χ0) is 11.1. The van der Waals surface area contributed by atoms with Gasteiger partial charge >= 0.3 is 0 Å². The van der Waals surface area contributed by atoms with Crippen LogP contribution in [0.5, 0.6) is 0 Å². The normalized spacial score (nSPS) is 20.0. The molecule has 0 saturated heterocycles. The van der Waals surface area contributed by atoms with Gasteiger partial charge in [-0.2, -0.15) is 4.98 Å². The van der Waals surface area contributed by atoms with Crippen LogP contribution in [0.2, 0.25) is 5.28 Å². The molecule has 4 nitrogen and oxygen atoms in total. The van der Waals surface area contributed by atoms with E-state index in [0.29, 0.717) is 11.3 Å². The second-order valence-corrected chi connectivity index (χ2v) is 4.49. The summed E-state index contributed by atoms with van der Waals surface area (Å²) in [6.45, 7) is 4.05. The van der Waals surface area contributed by atoms with Crippen LogP contribution in [0.1, 0.15) is 19.0 Å². The Kier molecular flexibility index (Phi) is 2.33. The summed E-state index contributed by atoms with van der Waals surface area (Å²) in [4.78, 5) is 8.32. The fourth-order valence-electron chi connectivity index (χ4n) is 2.23. The topological polar surface area (TPSA) is 42.7 Å². The van der Waals surface area contributed by atoms with Gasteiger partial charge in [-0.1, -0.05) is 6.92 Å². The Morgan fingerprint density at radius 3 is 3.31 bits per heavy atom. The van der Waals surface area contributed by atoms with E-state index in [1.165, 1.54) is 5.69 Å². The molecule has 5 heteroatoms. The number of nitrogens with one attached hydrogen (secondary N) is 1. The molecule has 2 aromatic heterocycles. The van der Waals surface area contributed by atoms with E-state index < -0.39 is 0 Å². The summed E-state index contributed by atoms with van der Waals surface area (Å²) in [6.07, 6.45) is 2.91. The Morgan fingerprint density at radius 1 is 1.62 bits per heavy atom. The first kappa shape index (κ1) is 10.1. The molecule has 0 spiro atoms. The highest BCUT2D eigenvalue weighted by Gasteiger charge is 2.19. The van der Waals surface area contributed by atoms with Crippen LogP contribution < -0.4 is 5.32 Å². The Morgan fingerprint density at radius 2 is 2.50 bits per heavy atom. The number of hydrogen-bond donors (Lipinski definition) is 1. The molecular formula is C11H13ClN4. The zero-order valence-electron chi connectivity index (χ0n) is 9.07. The fourth-order valence-corrected chi connectivity index (χ4v) is 2.36. The molecule has 1 N–H and O–H groups in total. The van der Waals surface area contributed by atoms with Crippen molar-refractivity contribution in [1.82, 2.24) is 19.9 Å². The fraction of sp³-hybridized carbons (Fsp3) is 0.455. The third-order valence-corrected chi connectivity index (χ3v) is 3.34. The van der Waals surface area contributed by atoms with Crippen molar-refractivity contribution < 1.29 is 0 Å². The zero-order valence-corrected chi connectivity index (χ0v) is 9.83. The van der Waals surface area contributed by atoms with Crippen molar-refractivity contribution in [3.8, 4) is 0 Å². The third kappa shape index (κ3) is 1.49. The number of nitrogens with zero attached hydrogens (tertiary/aromatic N) is 3. The largest absolute Gasteiger partial charge is 0.327 e. The van der Waals surface area contributed by atoms with Gasteiger partial charge < -0.3 is 9.88 Å². The summed E-state index contributed by atoms with van der Waals surface area (Å²) in [5, 5.41) is 4.89. The van der Waals surface area contributed by atoms with Crippen LogP contribution in [-0.2, 0) is 13.1 Å². The first-order valence-corrected chi connectivity index (χ1v) is 5.89. The van der Waals surface area contributed by atoms with Gasteiger partial charge in [-0.25, -0.2) is 4.98 Å². The summed E-state index contributed by atoms with van der Waals surface area (Å²) in [6, 6.07) is 2.65. The molecular weight excluding hydrogens is 224 g/mol. The summed E-state index contributed by atoms with van der Waals surface area (Å²) < 4.78 is 2.24. The molecule has 1 unspecified atom stereocenters. The van der Waals surface area contributed by atoms with Crippen LogP contribution in [0.3, 0.4) is 0 Å². The quantitative estimate of drug-likeness (QED) is 0.770. The Hall–Kier alpha value is -1.13. The van der Waals surface area contributed by atoms with E-state index in [1.54, 1.807) is 6.20 Å². The van der Waals surface area contributed by atoms with Gasteiger partial charge in [-0.05, 0) is 24.1 Å². The number of hydrogen-bond acceptors (Lipinski definition) is 3. The standard InChI is InChI=1S/C11H13ClN4/c1-2-8-6-16-9(5-13-8)3-7-4-14-11(12)15-10(7)16/h3-4,8,13H,2,5-6H2,1H3. The molecule has 0 fully saturated rings. The maximum absolute atomic E-state index is 5.84. The van der Waals surface area contributed by atoms with Crippen LogP contribution in [0, 0.1) is 0 Å². The predicted molar refractivity (Wildman–Crippen MR) is 63.5 cm³/mol. The van der Waals surface area contributed by atoms with Gasteiger partial charge in [0.05, 0.1) is 0 Å². The van der Waals surface area contributed by atoms with E-state index in [2.05, 4.69) is 32.8 Å². The molecule has 3 heterocycles. The van der Waals surface area contributed by atoms with E-state index >= 15 is 0 Å². The average Bonchev–Trinajstić information content (AvgIpc) is 2.66. The van der Waals surface area contributed by atoms with E-state index in [-0.39, 0.29) is 0 Å². The Balaban J connectivity index is 2.15. The average molecular weight is 237 g/mol. The minimum atomic E-state index is 0.319. The van der Waals surface area contributed by atoms with Crippen LogP contribution in [-0.4, -0.2) is 20.6 Å². The number of aromatic nitrogens is 3. The first-order valence-electron chi connectivity index (χ1n) is 5.52. The van der Waals surface area contributed by atoms with Gasteiger partial charge in [0.1, 0.15) is 5.65 Å². The number of rotatable bonds is 1. The molecule has 84 valence electrons. The van der Waals surface area contributed by atoms with Gasteiger partial charge in [0.2, 0.25) is 5.28 Å². The molecule has 3 rings (SSSR count). The second kappa shape index (κ2) is 3.71. The van der Waals surface area contributed by atoms with Crippen LogP contribution in [0.25, 0.3) is 11.0 Å². The lowest BCUT2D eigenvalue weighted by Gasteiger charge is -2.25. The van der Waals surface area contributed by atoms with Crippen LogP contribution in [0.4, 0.5) is 0 Å². The molecule has 1 atom stereocenters. The summed E-state index contributed by atoms with van der Waals surface area (Å²) in [5.41, 5.74) is 2.21. The van der Waals surface area contributed by atoms with Crippen molar-refractivity contribution in [1.29, 1.82) is 0 Å². The van der Waals surface area contributed by atoms with Gasteiger partial charge in [0.15, 0.2) is 0 Å². The molecule has 1 aliphatic heterocycles. The van der Waals surface area contributed by atoms with E-state index in [1.807, 2.05) is 0 Å². The van der Waals surface area contributed by atoms with Crippen molar-refractivity contribution in [2.24, 2.45) is 0 Å². The molecule has 0 saturated carbocycles. The van der Waals surface area contributed by atoms with Crippen molar-refractivity contribution >= 4 is 22.6 Å². The number of halogens is 1.